The van der Waals surface area contributed by atoms with E-state index in [0.29, 0.717) is 30.1 Å². The molecule has 0 atom stereocenters. The molecule has 0 aromatic carbocycles. The van der Waals surface area contributed by atoms with Crippen LogP contribution in [0.4, 0.5) is 5.00 Å². The minimum absolute atomic E-state index is 0.108. The number of carbonyl (C=O) groups is 2. The predicted octanol–water partition coefficient (Wildman–Crippen LogP) is 3.73. The molecule has 2 aromatic heterocycles. The Morgan fingerprint density at radius 2 is 2.15 bits per heavy atom. The second-order valence-electron chi connectivity index (χ2n) is 6.54. The summed E-state index contributed by atoms with van der Waals surface area (Å²) in [5.41, 5.74) is 2.66. The number of hydrogen-bond acceptors (Lipinski definition) is 5. The van der Waals surface area contributed by atoms with Gasteiger partial charge in [-0.05, 0) is 50.7 Å². The maximum atomic E-state index is 12.5. The molecule has 1 N–H and O–H groups in total. The lowest BCUT2D eigenvalue weighted by molar-refractivity contribution is -0.116. The van der Waals surface area contributed by atoms with Gasteiger partial charge in [-0.15, -0.1) is 11.3 Å². The first kappa shape index (κ1) is 18.6. The number of fused-ring (bicyclic) bond motifs is 1. The van der Waals surface area contributed by atoms with Gasteiger partial charge in [-0.2, -0.15) is 5.10 Å². The van der Waals surface area contributed by atoms with Gasteiger partial charge >= 0.3 is 5.97 Å². The highest BCUT2D eigenvalue weighted by molar-refractivity contribution is 7.17. The third-order valence-corrected chi connectivity index (χ3v) is 5.75. The minimum Gasteiger partial charge on any atom is -0.462 e. The first-order valence-electron chi connectivity index (χ1n) is 9.20. The molecule has 26 heavy (non-hydrogen) atoms. The standard InChI is InChI=1S/C19H25N3O3S/c1-3-12-25-19(24)17-14-6-4-5-7-15(14)26-18(17)21-16(23)9-11-22-13(2)8-10-20-22/h8,10H,3-7,9,11-12H2,1-2H3,(H,21,23). The summed E-state index contributed by atoms with van der Waals surface area (Å²) < 4.78 is 7.16. The van der Waals surface area contributed by atoms with Gasteiger partial charge in [-0.25, -0.2) is 4.79 Å². The quantitative estimate of drug-likeness (QED) is 0.749. The van der Waals surface area contributed by atoms with Gasteiger partial charge in [0, 0.05) is 29.7 Å². The van der Waals surface area contributed by atoms with Crippen LogP contribution >= 0.6 is 11.3 Å². The van der Waals surface area contributed by atoms with Crippen molar-refractivity contribution in [1.29, 1.82) is 0 Å². The fourth-order valence-corrected chi connectivity index (χ4v) is 4.46. The summed E-state index contributed by atoms with van der Waals surface area (Å²) >= 11 is 1.52. The number of ether oxygens (including phenoxy) is 1. The summed E-state index contributed by atoms with van der Waals surface area (Å²) in [6, 6.07) is 1.91. The van der Waals surface area contributed by atoms with Crippen LogP contribution in [0.25, 0.3) is 0 Å². The molecular weight excluding hydrogens is 350 g/mol. The zero-order valence-electron chi connectivity index (χ0n) is 15.3. The second kappa shape index (κ2) is 8.49. The van der Waals surface area contributed by atoms with Gasteiger partial charge in [0.25, 0.3) is 0 Å². The molecule has 0 spiro atoms. The van der Waals surface area contributed by atoms with Gasteiger partial charge in [0.15, 0.2) is 0 Å². The maximum absolute atomic E-state index is 12.5. The lowest BCUT2D eigenvalue weighted by atomic mass is 9.95. The van der Waals surface area contributed by atoms with E-state index in [1.54, 1.807) is 10.9 Å². The lowest BCUT2D eigenvalue weighted by Crippen LogP contribution is -2.17. The van der Waals surface area contributed by atoms with Crippen LogP contribution in [0.5, 0.6) is 0 Å². The van der Waals surface area contributed by atoms with E-state index in [4.69, 9.17) is 4.74 Å². The third kappa shape index (κ3) is 4.15. The Morgan fingerprint density at radius 1 is 1.35 bits per heavy atom. The summed E-state index contributed by atoms with van der Waals surface area (Å²) in [6.45, 7) is 4.84. The molecule has 2 heterocycles. The fraction of sp³-hybridized carbons (Fsp3) is 0.526. The number of carbonyl (C=O) groups excluding carboxylic acids is 2. The van der Waals surface area contributed by atoms with Crippen molar-refractivity contribution in [2.75, 3.05) is 11.9 Å². The molecule has 0 fully saturated rings. The monoisotopic (exact) mass is 375 g/mol. The largest absolute Gasteiger partial charge is 0.462 e. The highest BCUT2D eigenvalue weighted by atomic mass is 32.1. The highest BCUT2D eigenvalue weighted by Crippen LogP contribution is 2.38. The van der Waals surface area contributed by atoms with E-state index in [1.165, 1.54) is 16.2 Å². The zero-order chi connectivity index (χ0) is 18.5. The Morgan fingerprint density at radius 3 is 2.88 bits per heavy atom. The summed E-state index contributed by atoms with van der Waals surface area (Å²) in [4.78, 5) is 26.2. The smallest absolute Gasteiger partial charge is 0.341 e. The second-order valence-corrected chi connectivity index (χ2v) is 7.65. The highest BCUT2D eigenvalue weighted by Gasteiger charge is 2.27. The lowest BCUT2D eigenvalue weighted by Gasteiger charge is -2.12. The van der Waals surface area contributed by atoms with E-state index in [2.05, 4.69) is 10.4 Å². The van der Waals surface area contributed by atoms with E-state index in [9.17, 15) is 9.59 Å². The van der Waals surface area contributed by atoms with Crippen molar-refractivity contribution >= 4 is 28.2 Å². The summed E-state index contributed by atoms with van der Waals surface area (Å²) in [7, 11) is 0. The van der Waals surface area contributed by atoms with Gasteiger partial charge in [0.2, 0.25) is 5.91 Å². The number of aromatic nitrogens is 2. The number of nitrogens with zero attached hydrogens (tertiary/aromatic N) is 2. The van der Waals surface area contributed by atoms with Crippen molar-refractivity contribution in [2.24, 2.45) is 0 Å². The molecule has 0 radical (unpaired) electrons. The molecule has 7 heteroatoms. The normalized spacial score (nSPS) is 13.3. The van der Waals surface area contributed by atoms with E-state index >= 15 is 0 Å². The van der Waals surface area contributed by atoms with Crippen LogP contribution < -0.4 is 5.32 Å². The molecule has 6 nitrogen and oxygen atoms in total. The predicted molar refractivity (Wildman–Crippen MR) is 102 cm³/mol. The molecule has 3 rings (SSSR count). The van der Waals surface area contributed by atoms with Gasteiger partial charge < -0.3 is 10.1 Å². The van der Waals surface area contributed by atoms with Crippen molar-refractivity contribution in [2.45, 2.75) is 58.9 Å². The third-order valence-electron chi connectivity index (χ3n) is 4.55. The summed E-state index contributed by atoms with van der Waals surface area (Å²) in [5, 5.41) is 7.78. The van der Waals surface area contributed by atoms with Crippen LogP contribution in [0, 0.1) is 6.92 Å². The van der Waals surface area contributed by atoms with E-state index < -0.39 is 0 Å². The van der Waals surface area contributed by atoms with Gasteiger partial charge in [0.1, 0.15) is 5.00 Å². The molecular formula is C19H25N3O3S. The van der Waals surface area contributed by atoms with Crippen LogP contribution in [0.15, 0.2) is 12.3 Å². The summed E-state index contributed by atoms with van der Waals surface area (Å²) in [6.07, 6.45) is 6.87. The van der Waals surface area contributed by atoms with E-state index in [0.717, 1.165) is 43.4 Å². The number of aryl methyl sites for hydroxylation is 3. The number of anilines is 1. The Labute approximate surface area is 157 Å². The van der Waals surface area contributed by atoms with Crippen LogP contribution in [0.3, 0.4) is 0 Å². The molecule has 0 unspecified atom stereocenters. The number of amides is 1. The first-order chi connectivity index (χ1) is 12.6. The first-order valence-corrected chi connectivity index (χ1v) is 10.0. The van der Waals surface area contributed by atoms with Crippen LogP contribution in [-0.2, 0) is 28.9 Å². The van der Waals surface area contributed by atoms with Crippen molar-refractivity contribution in [1.82, 2.24) is 9.78 Å². The number of esters is 1. The molecule has 0 bridgehead atoms. The molecule has 0 saturated heterocycles. The van der Waals surface area contributed by atoms with Crippen molar-refractivity contribution < 1.29 is 14.3 Å². The summed E-state index contributed by atoms with van der Waals surface area (Å²) in [5.74, 6) is -0.424. The average molecular weight is 375 g/mol. The number of hydrogen-bond donors (Lipinski definition) is 1. The SMILES string of the molecule is CCCOC(=O)c1c(NC(=O)CCn2nccc2C)sc2c1CCCC2. The Bertz CT molecular complexity index is 794. The van der Waals surface area contributed by atoms with Crippen molar-refractivity contribution in [3.8, 4) is 0 Å². The number of thiophene rings is 1. The van der Waals surface area contributed by atoms with E-state index in [1.807, 2.05) is 19.9 Å². The molecule has 140 valence electrons. The Hall–Kier alpha value is -2.15. The topological polar surface area (TPSA) is 73.2 Å². The molecule has 0 saturated carbocycles. The average Bonchev–Trinajstić information content (AvgIpc) is 3.20. The molecule has 1 amide bonds. The van der Waals surface area contributed by atoms with Crippen LogP contribution in [0.1, 0.15) is 59.1 Å². The van der Waals surface area contributed by atoms with E-state index in [-0.39, 0.29) is 11.9 Å². The van der Waals surface area contributed by atoms with Crippen LogP contribution in [-0.4, -0.2) is 28.3 Å². The number of nitrogens with one attached hydrogen (secondary N) is 1. The molecule has 2 aromatic rings. The Kier molecular flexibility index (Phi) is 6.08. The van der Waals surface area contributed by atoms with Crippen molar-refractivity contribution in [3.05, 3.63) is 34.0 Å². The minimum atomic E-state index is -0.315. The zero-order valence-corrected chi connectivity index (χ0v) is 16.2. The van der Waals surface area contributed by atoms with Crippen LogP contribution in [0.2, 0.25) is 0 Å². The van der Waals surface area contributed by atoms with Crippen molar-refractivity contribution in [3.63, 3.8) is 0 Å². The van der Waals surface area contributed by atoms with Gasteiger partial charge in [0.05, 0.1) is 12.2 Å². The molecule has 0 aliphatic heterocycles. The van der Waals surface area contributed by atoms with Gasteiger partial charge in [-0.1, -0.05) is 6.92 Å². The number of rotatable bonds is 7. The maximum Gasteiger partial charge on any atom is 0.341 e. The Balaban J connectivity index is 1.73. The molecule has 1 aliphatic rings. The van der Waals surface area contributed by atoms with Gasteiger partial charge in [-0.3, -0.25) is 9.48 Å². The molecule has 1 aliphatic carbocycles. The fourth-order valence-electron chi connectivity index (χ4n) is 3.17.